The lowest BCUT2D eigenvalue weighted by Crippen LogP contribution is -2.15. The minimum absolute atomic E-state index is 0.0968. The predicted octanol–water partition coefficient (Wildman–Crippen LogP) is 3.36. The number of nitrogens with two attached hydrogens (primary N) is 1. The second-order valence-corrected chi connectivity index (χ2v) is 5.60. The summed E-state index contributed by atoms with van der Waals surface area (Å²) in [6.07, 6.45) is 1.56. The Morgan fingerprint density at radius 3 is 2.90 bits per heavy atom. The van der Waals surface area contributed by atoms with E-state index < -0.39 is 0 Å². The maximum atomic E-state index is 11.9. The molecule has 0 unspecified atom stereocenters. The van der Waals surface area contributed by atoms with Crippen LogP contribution in [0.25, 0.3) is 0 Å². The third kappa shape index (κ3) is 3.88. The Kier molecular flexibility index (Phi) is 4.87. The van der Waals surface area contributed by atoms with E-state index in [1.54, 1.807) is 24.4 Å². The van der Waals surface area contributed by atoms with Crippen molar-refractivity contribution in [2.24, 2.45) is 0 Å². The van der Waals surface area contributed by atoms with Crippen molar-refractivity contribution in [2.75, 3.05) is 16.8 Å². The van der Waals surface area contributed by atoms with Gasteiger partial charge >= 0.3 is 0 Å². The molecule has 0 radical (unpaired) electrons. The summed E-state index contributed by atoms with van der Waals surface area (Å²) in [4.78, 5) is 16.0. The SMILES string of the molecule is Cc1c(N)cccc1NC(=O)CSc1ccc(Cl)cn1. The lowest BCUT2D eigenvalue weighted by molar-refractivity contribution is -0.113. The minimum atomic E-state index is -0.0968. The van der Waals surface area contributed by atoms with Gasteiger partial charge in [-0.1, -0.05) is 29.4 Å². The number of hydrogen-bond donors (Lipinski definition) is 2. The minimum Gasteiger partial charge on any atom is -0.398 e. The van der Waals surface area contributed by atoms with Crippen molar-refractivity contribution in [3.8, 4) is 0 Å². The third-order valence-electron chi connectivity index (χ3n) is 2.70. The zero-order valence-electron chi connectivity index (χ0n) is 10.9. The fourth-order valence-electron chi connectivity index (χ4n) is 1.56. The summed E-state index contributed by atoms with van der Waals surface area (Å²) in [6, 6.07) is 8.97. The molecule has 1 amide bonds. The highest BCUT2D eigenvalue weighted by molar-refractivity contribution is 7.99. The number of aromatic nitrogens is 1. The fourth-order valence-corrected chi connectivity index (χ4v) is 2.32. The molecule has 0 saturated carbocycles. The molecular formula is C14H14ClN3OS. The maximum absolute atomic E-state index is 11.9. The molecule has 0 saturated heterocycles. The van der Waals surface area contributed by atoms with E-state index in [1.807, 2.05) is 19.1 Å². The number of amides is 1. The van der Waals surface area contributed by atoms with Crippen LogP contribution in [0.1, 0.15) is 5.56 Å². The van der Waals surface area contributed by atoms with Crippen LogP contribution in [0.3, 0.4) is 0 Å². The molecule has 2 aromatic rings. The van der Waals surface area contributed by atoms with Crippen LogP contribution < -0.4 is 11.1 Å². The number of hydrogen-bond acceptors (Lipinski definition) is 4. The molecule has 0 fully saturated rings. The van der Waals surface area contributed by atoms with Gasteiger partial charge in [0.25, 0.3) is 0 Å². The zero-order chi connectivity index (χ0) is 14.5. The van der Waals surface area contributed by atoms with Crippen LogP contribution in [0.5, 0.6) is 0 Å². The smallest absolute Gasteiger partial charge is 0.234 e. The predicted molar refractivity (Wildman–Crippen MR) is 84.2 cm³/mol. The summed E-state index contributed by atoms with van der Waals surface area (Å²) in [6.45, 7) is 1.87. The van der Waals surface area contributed by atoms with Crippen molar-refractivity contribution in [2.45, 2.75) is 11.9 Å². The van der Waals surface area contributed by atoms with Crippen LogP contribution in [0, 0.1) is 6.92 Å². The van der Waals surface area contributed by atoms with Gasteiger partial charge in [-0.25, -0.2) is 4.98 Å². The van der Waals surface area contributed by atoms with Gasteiger partial charge in [-0.15, -0.1) is 0 Å². The van der Waals surface area contributed by atoms with Crippen LogP contribution >= 0.6 is 23.4 Å². The molecule has 0 aliphatic rings. The maximum Gasteiger partial charge on any atom is 0.234 e. The molecule has 0 bridgehead atoms. The molecule has 3 N–H and O–H groups in total. The first-order valence-corrected chi connectivity index (χ1v) is 7.32. The van der Waals surface area contributed by atoms with Crippen molar-refractivity contribution in [3.63, 3.8) is 0 Å². The number of rotatable bonds is 4. The number of anilines is 2. The molecule has 0 spiro atoms. The van der Waals surface area contributed by atoms with Crippen LogP contribution in [-0.4, -0.2) is 16.6 Å². The molecule has 20 heavy (non-hydrogen) atoms. The second-order valence-electron chi connectivity index (χ2n) is 4.17. The summed E-state index contributed by atoms with van der Waals surface area (Å²) in [5.74, 6) is 0.184. The molecule has 6 heteroatoms. The van der Waals surface area contributed by atoms with Gasteiger partial charge in [-0.3, -0.25) is 4.79 Å². The van der Waals surface area contributed by atoms with Crippen molar-refractivity contribution >= 4 is 40.6 Å². The average molecular weight is 308 g/mol. The molecule has 4 nitrogen and oxygen atoms in total. The lowest BCUT2D eigenvalue weighted by Gasteiger charge is -2.09. The monoisotopic (exact) mass is 307 g/mol. The topological polar surface area (TPSA) is 68.0 Å². The van der Waals surface area contributed by atoms with Gasteiger partial charge in [0, 0.05) is 17.6 Å². The number of carbonyl (C=O) groups is 1. The number of nitrogens with zero attached hydrogens (tertiary/aromatic N) is 1. The first kappa shape index (κ1) is 14.7. The highest BCUT2D eigenvalue weighted by Crippen LogP contribution is 2.21. The number of pyridine rings is 1. The Bertz CT molecular complexity index is 616. The quantitative estimate of drug-likeness (QED) is 0.671. The highest BCUT2D eigenvalue weighted by Gasteiger charge is 2.07. The number of benzene rings is 1. The van der Waals surface area contributed by atoms with E-state index in [0.29, 0.717) is 10.7 Å². The van der Waals surface area contributed by atoms with Gasteiger partial charge < -0.3 is 11.1 Å². The number of nitrogen functional groups attached to an aromatic ring is 1. The van der Waals surface area contributed by atoms with Crippen LogP contribution in [0.15, 0.2) is 41.6 Å². The molecule has 104 valence electrons. The lowest BCUT2D eigenvalue weighted by atomic mass is 10.1. The first-order valence-electron chi connectivity index (χ1n) is 5.95. The Balaban J connectivity index is 1.92. The van der Waals surface area contributed by atoms with Gasteiger partial charge in [0.1, 0.15) is 0 Å². The van der Waals surface area contributed by atoms with E-state index >= 15 is 0 Å². The van der Waals surface area contributed by atoms with Crippen molar-refractivity contribution in [3.05, 3.63) is 47.1 Å². The van der Waals surface area contributed by atoms with Gasteiger partial charge in [-0.05, 0) is 36.8 Å². The largest absolute Gasteiger partial charge is 0.398 e. The molecule has 0 aliphatic heterocycles. The zero-order valence-corrected chi connectivity index (χ0v) is 12.5. The van der Waals surface area contributed by atoms with Crippen LogP contribution in [0.2, 0.25) is 5.02 Å². The number of halogens is 1. The number of nitrogens with one attached hydrogen (secondary N) is 1. The molecule has 0 aliphatic carbocycles. The van der Waals surface area contributed by atoms with E-state index in [1.165, 1.54) is 11.8 Å². The van der Waals surface area contributed by atoms with Crippen molar-refractivity contribution in [1.82, 2.24) is 4.98 Å². The molecule has 1 heterocycles. The molecule has 1 aromatic carbocycles. The Labute approximate surface area is 126 Å². The molecular weight excluding hydrogens is 294 g/mol. The van der Waals surface area contributed by atoms with E-state index in [-0.39, 0.29) is 11.7 Å². The van der Waals surface area contributed by atoms with Crippen molar-refractivity contribution < 1.29 is 4.79 Å². The van der Waals surface area contributed by atoms with E-state index in [4.69, 9.17) is 17.3 Å². The third-order valence-corrected chi connectivity index (χ3v) is 3.87. The van der Waals surface area contributed by atoms with Crippen molar-refractivity contribution in [1.29, 1.82) is 0 Å². The van der Waals surface area contributed by atoms with E-state index in [9.17, 15) is 4.79 Å². The first-order chi connectivity index (χ1) is 9.56. The Morgan fingerprint density at radius 2 is 2.20 bits per heavy atom. The van der Waals surface area contributed by atoms with Gasteiger partial charge in [0.15, 0.2) is 0 Å². The van der Waals surface area contributed by atoms with E-state index in [2.05, 4.69) is 10.3 Å². The Hall–Kier alpha value is -1.72. The van der Waals surface area contributed by atoms with Crippen LogP contribution in [-0.2, 0) is 4.79 Å². The molecule has 0 atom stereocenters. The van der Waals surface area contributed by atoms with Crippen LogP contribution in [0.4, 0.5) is 11.4 Å². The highest BCUT2D eigenvalue weighted by atomic mass is 35.5. The van der Waals surface area contributed by atoms with Gasteiger partial charge in [-0.2, -0.15) is 0 Å². The number of thioether (sulfide) groups is 1. The summed E-state index contributed by atoms with van der Waals surface area (Å²) in [5.41, 5.74) is 8.06. The summed E-state index contributed by atoms with van der Waals surface area (Å²) >= 11 is 7.10. The molecule has 1 aromatic heterocycles. The second kappa shape index (κ2) is 6.63. The van der Waals surface area contributed by atoms with Gasteiger partial charge in [0.2, 0.25) is 5.91 Å². The van der Waals surface area contributed by atoms with E-state index in [0.717, 1.165) is 16.3 Å². The average Bonchev–Trinajstić information content (AvgIpc) is 2.43. The Morgan fingerprint density at radius 1 is 1.40 bits per heavy atom. The van der Waals surface area contributed by atoms with Gasteiger partial charge in [0.05, 0.1) is 15.8 Å². The normalized spacial score (nSPS) is 10.3. The summed E-state index contributed by atoms with van der Waals surface area (Å²) < 4.78 is 0. The summed E-state index contributed by atoms with van der Waals surface area (Å²) in [5, 5.41) is 4.18. The molecule has 2 rings (SSSR count). The standard InChI is InChI=1S/C14H14ClN3OS/c1-9-11(16)3-2-4-12(9)18-13(19)8-20-14-6-5-10(15)7-17-14/h2-7H,8,16H2,1H3,(H,18,19). The summed E-state index contributed by atoms with van der Waals surface area (Å²) in [7, 11) is 0. The number of carbonyl (C=O) groups excluding carboxylic acids is 1. The fraction of sp³-hybridized carbons (Fsp3) is 0.143.